The molecule has 0 spiro atoms. The smallest absolute Gasteiger partial charge is 0.322 e. The van der Waals surface area contributed by atoms with Crippen LogP contribution in [0.5, 0.6) is 0 Å². The Hall–Kier alpha value is -0.660. The fourth-order valence-corrected chi connectivity index (χ4v) is 2.35. The number of hydrogen-bond donors (Lipinski definition) is 3. The molecule has 0 rings (SSSR count). The van der Waals surface area contributed by atoms with Crippen LogP contribution < -0.4 is 9.44 Å². The maximum atomic E-state index is 11.5. The zero-order valence-electron chi connectivity index (χ0n) is 10.1. The molecule has 0 amide bonds. The van der Waals surface area contributed by atoms with Crippen molar-refractivity contribution in [3.05, 3.63) is 0 Å². The Morgan fingerprint density at radius 2 is 1.88 bits per heavy atom. The Morgan fingerprint density at radius 3 is 2.19 bits per heavy atom. The van der Waals surface area contributed by atoms with Crippen molar-refractivity contribution >= 4 is 16.2 Å². The van der Waals surface area contributed by atoms with Gasteiger partial charge in [-0.2, -0.15) is 13.1 Å². The summed E-state index contributed by atoms with van der Waals surface area (Å²) >= 11 is 0. The van der Waals surface area contributed by atoms with Gasteiger partial charge in [0.15, 0.2) is 0 Å². The predicted molar refractivity (Wildman–Crippen MR) is 61.2 cm³/mol. The van der Waals surface area contributed by atoms with E-state index in [9.17, 15) is 13.2 Å². The van der Waals surface area contributed by atoms with Crippen LogP contribution in [0.25, 0.3) is 0 Å². The molecule has 1 atom stereocenters. The number of rotatable bonds is 6. The summed E-state index contributed by atoms with van der Waals surface area (Å²) in [7, 11) is -3.75. The molecule has 0 bridgehead atoms. The van der Waals surface area contributed by atoms with Gasteiger partial charge in [0.2, 0.25) is 0 Å². The minimum absolute atomic E-state index is 0.284. The molecule has 7 heteroatoms. The van der Waals surface area contributed by atoms with Gasteiger partial charge in [0.1, 0.15) is 6.04 Å². The van der Waals surface area contributed by atoms with E-state index in [4.69, 9.17) is 5.11 Å². The molecule has 0 aliphatic carbocycles. The standard InChI is InChI=1S/C9H20N2O4S/c1-5-6-10-16(14,15)11-7(8(12)13)9(2,3)4/h7,10-11H,5-6H2,1-4H3,(H,12,13)/t7-/m0/s1. The van der Waals surface area contributed by atoms with Crippen LogP contribution in [-0.4, -0.2) is 32.1 Å². The second kappa shape index (κ2) is 5.60. The number of carboxylic acids is 1. The van der Waals surface area contributed by atoms with Crippen molar-refractivity contribution in [1.29, 1.82) is 0 Å². The summed E-state index contributed by atoms with van der Waals surface area (Å²) in [6.45, 7) is 7.09. The lowest BCUT2D eigenvalue weighted by atomic mass is 9.88. The zero-order valence-corrected chi connectivity index (χ0v) is 10.9. The number of nitrogens with one attached hydrogen (secondary N) is 2. The molecule has 3 N–H and O–H groups in total. The highest BCUT2D eigenvalue weighted by molar-refractivity contribution is 7.87. The van der Waals surface area contributed by atoms with Gasteiger partial charge in [0, 0.05) is 6.54 Å². The monoisotopic (exact) mass is 252 g/mol. The lowest BCUT2D eigenvalue weighted by molar-refractivity contribution is -0.141. The van der Waals surface area contributed by atoms with Crippen LogP contribution in [0.15, 0.2) is 0 Å². The first-order valence-electron chi connectivity index (χ1n) is 5.10. The van der Waals surface area contributed by atoms with E-state index in [2.05, 4.69) is 9.44 Å². The normalized spacial score (nSPS) is 14.8. The van der Waals surface area contributed by atoms with Crippen LogP contribution in [-0.2, 0) is 15.0 Å². The van der Waals surface area contributed by atoms with Gasteiger partial charge in [-0.3, -0.25) is 4.79 Å². The minimum Gasteiger partial charge on any atom is -0.480 e. The molecular formula is C9H20N2O4S. The fraction of sp³-hybridized carbons (Fsp3) is 0.889. The van der Waals surface area contributed by atoms with Crippen molar-refractivity contribution in [1.82, 2.24) is 9.44 Å². The molecule has 0 aliphatic rings. The minimum atomic E-state index is -3.75. The first-order chi connectivity index (χ1) is 7.10. The van der Waals surface area contributed by atoms with E-state index in [1.165, 1.54) is 0 Å². The molecule has 0 aromatic heterocycles. The Kier molecular flexibility index (Phi) is 5.37. The van der Waals surface area contributed by atoms with Gasteiger partial charge < -0.3 is 5.11 Å². The zero-order chi connectivity index (χ0) is 13.0. The summed E-state index contributed by atoms with van der Waals surface area (Å²) in [4.78, 5) is 10.9. The van der Waals surface area contributed by atoms with Crippen LogP contribution >= 0.6 is 0 Å². The molecular weight excluding hydrogens is 232 g/mol. The third kappa shape index (κ3) is 5.43. The predicted octanol–water partition coefficient (Wildman–Crippen LogP) is 0.320. The Morgan fingerprint density at radius 1 is 1.38 bits per heavy atom. The molecule has 6 nitrogen and oxygen atoms in total. The number of carboxylic acid groups (broad SMARTS) is 1. The van der Waals surface area contributed by atoms with E-state index < -0.39 is 27.6 Å². The highest BCUT2D eigenvalue weighted by Crippen LogP contribution is 2.19. The van der Waals surface area contributed by atoms with E-state index in [1.807, 2.05) is 6.92 Å². The molecule has 0 aliphatic heterocycles. The van der Waals surface area contributed by atoms with Crippen LogP contribution in [0.4, 0.5) is 0 Å². The third-order valence-electron chi connectivity index (χ3n) is 1.93. The van der Waals surface area contributed by atoms with Crippen molar-refractivity contribution < 1.29 is 18.3 Å². The molecule has 0 heterocycles. The molecule has 0 aromatic carbocycles. The topological polar surface area (TPSA) is 95.5 Å². The van der Waals surface area contributed by atoms with Crippen molar-refractivity contribution in [2.24, 2.45) is 5.41 Å². The van der Waals surface area contributed by atoms with Gasteiger partial charge in [-0.25, -0.2) is 4.72 Å². The summed E-state index contributed by atoms with van der Waals surface area (Å²) in [5.74, 6) is -1.19. The largest absolute Gasteiger partial charge is 0.480 e. The molecule has 0 unspecified atom stereocenters. The Labute approximate surface area is 96.6 Å². The van der Waals surface area contributed by atoms with Gasteiger partial charge in [0.05, 0.1) is 0 Å². The van der Waals surface area contributed by atoms with E-state index in [0.29, 0.717) is 6.42 Å². The van der Waals surface area contributed by atoms with Crippen LogP contribution in [0, 0.1) is 5.41 Å². The van der Waals surface area contributed by atoms with Gasteiger partial charge in [-0.05, 0) is 11.8 Å². The maximum Gasteiger partial charge on any atom is 0.322 e. The molecule has 96 valence electrons. The van der Waals surface area contributed by atoms with Crippen LogP contribution in [0.2, 0.25) is 0 Å². The van der Waals surface area contributed by atoms with E-state index in [1.54, 1.807) is 20.8 Å². The highest BCUT2D eigenvalue weighted by Gasteiger charge is 2.34. The lowest BCUT2D eigenvalue weighted by Crippen LogP contribution is -2.52. The Bertz CT molecular complexity index is 332. The van der Waals surface area contributed by atoms with Crippen LogP contribution in [0.1, 0.15) is 34.1 Å². The van der Waals surface area contributed by atoms with Gasteiger partial charge in [-0.1, -0.05) is 27.7 Å². The Balaban J connectivity index is 4.71. The van der Waals surface area contributed by atoms with Crippen molar-refractivity contribution in [2.45, 2.75) is 40.2 Å². The number of carbonyl (C=O) groups is 1. The molecule has 0 saturated heterocycles. The average Bonchev–Trinajstić information content (AvgIpc) is 2.09. The second-order valence-electron chi connectivity index (χ2n) is 4.65. The summed E-state index contributed by atoms with van der Waals surface area (Å²) in [6, 6.07) is -1.15. The average molecular weight is 252 g/mol. The highest BCUT2D eigenvalue weighted by atomic mass is 32.2. The molecule has 0 aromatic rings. The van der Waals surface area contributed by atoms with Crippen molar-refractivity contribution in [3.63, 3.8) is 0 Å². The van der Waals surface area contributed by atoms with Crippen LogP contribution in [0.3, 0.4) is 0 Å². The first kappa shape index (κ1) is 15.3. The van der Waals surface area contributed by atoms with E-state index in [-0.39, 0.29) is 6.54 Å². The molecule has 0 saturated carbocycles. The van der Waals surface area contributed by atoms with Crippen molar-refractivity contribution in [3.8, 4) is 0 Å². The summed E-state index contributed by atoms with van der Waals surface area (Å²) in [5.41, 5.74) is -0.688. The first-order valence-corrected chi connectivity index (χ1v) is 6.58. The molecule has 0 radical (unpaired) electrons. The van der Waals surface area contributed by atoms with E-state index >= 15 is 0 Å². The molecule has 0 fully saturated rings. The quantitative estimate of drug-likeness (QED) is 0.634. The SMILES string of the molecule is CCCNS(=O)(=O)N[C@@H](C(=O)O)C(C)(C)C. The second-order valence-corrected chi connectivity index (χ2v) is 6.18. The van der Waals surface area contributed by atoms with Gasteiger partial charge >= 0.3 is 5.97 Å². The fourth-order valence-electron chi connectivity index (χ4n) is 1.03. The summed E-state index contributed by atoms with van der Waals surface area (Å²) in [5, 5.41) is 8.94. The summed E-state index contributed by atoms with van der Waals surface area (Å²) < 4.78 is 27.3. The summed E-state index contributed by atoms with van der Waals surface area (Å²) in [6.07, 6.45) is 0.647. The van der Waals surface area contributed by atoms with Gasteiger partial charge in [0.25, 0.3) is 10.2 Å². The number of hydrogen-bond acceptors (Lipinski definition) is 3. The van der Waals surface area contributed by atoms with E-state index in [0.717, 1.165) is 0 Å². The third-order valence-corrected chi connectivity index (χ3v) is 3.06. The van der Waals surface area contributed by atoms with Gasteiger partial charge in [-0.15, -0.1) is 0 Å². The van der Waals surface area contributed by atoms with Crippen molar-refractivity contribution in [2.75, 3.05) is 6.54 Å². The maximum absolute atomic E-state index is 11.5. The lowest BCUT2D eigenvalue weighted by Gasteiger charge is -2.27. The molecule has 16 heavy (non-hydrogen) atoms. The number of aliphatic carboxylic acids is 1.